The average molecular weight is 436 g/mol. The third-order valence-electron chi connectivity index (χ3n) is 4.97. The summed E-state index contributed by atoms with van der Waals surface area (Å²) in [4.78, 5) is 35.9. The quantitative estimate of drug-likeness (QED) is 0.418. The van der Waals surface area contributed by atoms with Gasteiger partial charge in [0.1, 0.15) is 11.7 Å². The Hall–Kier alpha value is -4.14. The predicted octanol–water partition coefficient (Wildman–Crippen LogP) is 4.21. The maximum Gasteiger partial charge on any atom is 0.326 e. The van der Waals surface area contributed by atoms with Crippen LogP contribution >= 0.6 is 0 Å². The largest absolute Gasteiger partial charge is 0.480 e. The van der Waals surface area contributed by atoms with Crippen LogP contribution in [0, 0.1) is 5.92 Å². The van der Waals surface area contributed by atoms with Gasteiger partial charge in [0.25, 0.3) is 5.91 Å². The highest BCUT2D eigenvalue weighted by molar-refractivity contribution is 6.00. The number of nitrogens with one attached hydrogen (secondary N) is 3. The summed E-state index contributed by atoms with van der Waals surface area (Å²) in [6.07, 6.45) is 0.600. The molecule has 0 aliphatic carbocycles. The van der Waals surface area contributed by atoms with E-state index in [4.69, 9.17) is 4.52 Å². The molecule has 3 rings (SSSR count). The first-order valence-corrected chi connectivity index (χ1v) is 10.1. The topological polar surface area (TPSA) is 134 Å². The van der Waals surface area contributed by atoms with Crippen molar-refractivity contribution in [2.45, 2.75) is 26.3 Å². The lowest BCUT2D eigenvalue weighted by atomic mass is 9.99. The van der Waals surface area contributed by atoms with Gasteiger partial charge in [0.05, 0.1) is 0 Å². The Morgan fingerprint density at radius 2 is 1.62 bits per heavy atom. The van der Waals surface area contributed by atoms with Gasteiger partial charge < -0.3 is 25.6 Å². The van der Waals surface area contributed by atoms with Crippen molar-refractivity contribution in [3.63, 3.8) is 0 Å². The molecule has 0 spiro atoms. The molecular weight excluding hydrogens is 412 g/mol. The van der Waals surface area contributed by atoms with Crippen LogP contribution in [0.2, 0.25) is 0 Å². The number of nitrogens with zero attached hydrogens (tertiary/aromatic N) is 1. The van der Waals surface area contributed by atoms with E-state index in [0.29, 0.717) is 29.1 Å². The minimum Gasteiger partial charge on any atom is -0.480 e. The van der Waals surface area contributed by atoms with Gasteiger partial charge in [-0.25, -0.2) is 9.59 Å². The van der Waals surface area contributed by atoms with Crippen molar-refractivity contribution in [3.8, 4) is 11.3 Å². The molecule has 166 valence electrons. The normalized spacial score (nSPS) is 12.4. The van der Waals surface area contributed by atoms with Gasteiger partial charge in [0.15, 0.2) is 0 Å². The number of rotatable bonds is 8. The number of carboxylic acids is 1. The zero-order valence-electron chi connectivity index (χ0n) is 17.7. The second-order valence-electron chi connectivity index (χ2n) is 7.27. The molecule has 1 aromatic heterocycles. The van der Waals surface area contributed by atoms with Crippen LogP contribution in [0.15, 0.2) is 65.2 Å². The Morgan fingerprint density at radius 1 is 1.00 bits per heavy atom. The Morgan fingerprint density at radius 3 is 2.22 bits per heavy atom. The van der Waals surface area contributed by atoms with Crippen molar-refractivity contribution in [1.29, 1.82) is 0 Å². The molecule has 2 aromatic carbocycles. The maximum absolute atomic E-state index is 12.4. The van der Waals surface area contributed by atoms with Crippen LogP contribution < -0.4 is 16.0 Å². The number of urea groups is 1. The minimum atomic E-state index is -1.10. The number of carbonyl (C=O) groups is 3. The van der Waals surface area contributed by atoms with E-state index >= 15 is 0 Å². The highest BCUT2D eigenvalue weighted by atomic mass is 16.5. The van der Waals surface area contributed by atoms with E-state index in [1.54, 1.807) is 43.3 Å². The summed E-state index contributed by atoms with van der Waals surface area (Å²) in [5.41, 5.74) is 2.32. The van der Waals surface area contributed by atoms with E-state index in [0.717, 1.165) is 0 Å². The highest BCUT2D eigenvalue weighted by Crippen LogP contribution is 2.22. The van der Waals surface area contributed by atoms with Crippen LogP contribution in [0.3, 0.4) is 0 Å². The van der Waals surface area contributed by atoms with Crippen molar-refractivity contribution in [2.75, 3.05) is 10.6 Å². The van der Waals surface area contributed by atoms with Crippen molar-refractivity contribution < 1.29 is 24.0 Å². The van der Waals surface area contributed by atoms with Crippen molar-refractivity contribution >= 4 is 29.3 Å². The van der Waals surface area contributed by atoms with Crippen LogP contribution in [0.4, 0.5) is 16.2 Å². The third-order valence-corrected chi connectivity index (χ3v) is 4.97. The van der Waals surface area contributed by atoms with Crippen molar-refractivity contribution in [2.24, 2.45) is 5.92 Å². The van der Waals surface area contributed by atoms with Gasteiger partial charge in [-0.2, -0.15) is 0 Å². The summed E-state index contributed by atoms with van der Waals surface area (Å²) in [5.74, 6) is -2.07. The van der Waals surface area contributed by atoms with E-state index in [-0.39, 0.29) is 17.7 Å². The molecule has 1 unspecified atom stereocenters. The minimum absolute atomic E-state index is 0.0843. The summed E-state index contributed by atoms with van der Waals surface area (Å²) in [7, 11) is 0. The van der Waals surface area contributed by atoms with E-state index in [1.807, 2.05) is 25.1 Å². The number of hydrogen-bond acceptors (Lipinski definition) is 5. The lowest BCUT2D eigenvalue weighted by molar-refractivity contribution is -0.140. The summed E-state index contributed by atoms with van der Waals surface area (Å²) in [6, 6.07) is 15.9. The monoisotopic (exact) mass is 436 g/mol. The summed E-state index contributed by atoms with van der Waals surface area (Å²) in [5, 5.41) is 21.1. The molecule has 0 radical (unpaired) electrons. The van der Waals surface area contributed by atoms with Gasteiger partial charge in [-0.3, -0.25) is 4.79 Å². The van der Waals surface area contributed by atoms with E-state index in [1.165, 1.54) is 6.07 Å². The van der Waals surface area contributed by atoms with Crippen LogP contribution in [-0.2, 0) is 4.79 Å². The van der Waals surface area contributed by atoms with Gasteiger partial charge >= 0.3 is 12.0 Å². The van der Waals surface area contributed by atoms with E-state index < -0.39 is 17.9 Å². The van der Waals surface area contributed by atoms with Crippen LogP contribution in [0.25, 0.3) is 11.3 Å². The maximum atomic E-state index is 12.4. The van der Waals surface area contributed by atoms with Gasteiger partial charge in [-0.05, 0) is 30.2 Å². The van der Waals surface area contributed by atoms with Gasteiger partial charge in [-0.15, -0.1) is 0 Å². The molecule has 0 bridgehead atoms. The van der Waals surface area contributed by atoms with Crippen molar-refractivity contribution in [1.82, 2.24) is 10.5 Å². The number of benzene rings is 2. The molecule has 0 aliphatic heterocycles. The number of para-hydroxylation sites is 1. The molecule has 3 amide bonds. The molecule has 0 saturated heterocycles. The van der Waals surface area contributed by atoms with Crippen molar-refractivity contribution in [3.05, 3.63) is 66.4 Å². The van der Waals surface area contributed by atoms with Gasteiger partial charge in [0, 0.05) is 23.0 Å². The molecule has 9 nitrogen and oxygen atoms in total. The Balaban J connectivity index is 1.62. The van der Waals surface area contributed by atoms with Crippen LogP contribution in [0.5, 0.6) is 0 Å². The number of amides is 3. The van der Waals surface area contributed by atoms with E-state index in [9.17, 15) is 19.5 Å². The molecule has 2 atom stereocenters. The standard InChI is InChI=1S/C23H24N4O5/c1-3-14(2)20(22(29)30)26-21(28)19-13-18(27-32-19)15-9-11-17(12-10-15)25-23(31)24-16-7-5-4-6-8-16/h4-14,20H,3H2,1-2H3,(H,26,28)(H,29,30)(H2,24,25,31)/t14?,20-/m0/s1. The number of aliphatic carboxylic acids is 1. The van der Waals surface area contributed by atoms with E-state index in [2.05, 4.69) is 21.1 Å². The Labute approximate surface area is 184 Å². The average Bonchev–Trinajstić information content (AvgIpc) is 3.28. The number of carbonyl (C=O) groups excluding carboxylic acids is 2. The lowest BCUT2D eigenvalue weighted by Gasteiger charge is -2.19. The lowest BCUT2D eigenvalue weighted by Crippen LogP contribution is -2.44. The molecule has 32 heavy (non-hydrogen) atoms. The molecule has 0 fully saturated rings. The number of hydrogen-bond donors (Lipinski definition) is 4. The molecule has 9 heteroatoms. The fourth-order valence-electron chi connectivity index (χ4n) is 2.95. The molecule has 3 aromatic rings. The molecule has 1 heterocycles. The Bertz CT molecular complexity index is 1080. The summed E-state index contributed by atoms with van der Waals surface area (Å²) in [6.45, 7) is 3.60. The SMILES string of the molecule is CCC(C)[C@H](NC(=O)c1cc(-c2ccc(NC(=O)Nc3ccccc3)cc2)no1)C(=O)O. The van der Waals surface area contributed by atoms with Gasteiger partial charge in [-0.1, -0.05) is 55.8 Å². The highest BCUT2D eigenvalue weighted by Gasteiger charge is 2.27. The zero-order chi connectivity index (χ0) is 23.1. The van der Waals surface area contributed by atoms with Crippen LogP contribution in [-0.4, -0.2) is 34.2 Å². The first-order valence-electron chi connectivity index (χ1n) is 10.1. The first-order chi connectivity index (χ1) is 15.4. The third kappa shape index (κ3) is 5.72. The molecule has 0 aliphatic rings. The predicted molar refractivity (Wildman–Crippen MR) is 119 cm³/mol. The fourth-order valence-corrected chi connectivity index (χ4v) is 2.95. The molecule has 0 saturated carbocycles. The number of carboxylic acid groups (broad SMARTS) is 1. The second kappa shape index (κ2) is 10.3. The Kier molecular flexibility index (Phi) is 7.22. The fraction of sp³-hybridized carbons (Fsp3) is 0.217. The smallest absolute Gasteiger partial charge is 0.326 e. The van der Waals surface area contributed by atoms with Gasteiger partial charge in [0.2, 0.25) is 5.76 Å². The zero-order valence-corrected chi connectivity index (χ0v) is 17.7. The number of anilines is 2. The summed E-state index contributed by atoms with van der Waals surface area (Å²) < 4.78 is 5.10. The van der Waals surface area contributed by atoms with Crippen LogP contribution in [0.1, 0.15) is 30.8 Å². The summed E-state index contributed by atoms with van der Waals surface area (Å²) >= 11 is 0. The first kappa shape index (κ1) is 22.5. The molecule has 4 N–H and O–H groups in total. The molecular formula is C23H24N4O5. The number of aromatic nitrogens is 1. The second-order valence-corrected chi connectivity index (χ2v) is 7.27.